The zero-order valence-corrected chi connectivity index (χ0v) is 20.0. The molecule has 0 radical (unpaired) electrons. The maximum absolute atomic E-state index is 11.0. The maximum atomic E-state index is 11.0. The van der Waals surface area contributed by atoms with E-state index in [1.165, 1.54) is 27.8 Å². The van der Waals surface area contributed by atoms with E-state index in [1.54, 1.807) is 0 Å². The number of hydrogen-bond donors (Lipinski definition) is 1. The van der Waals surface area contributed by atoms with Crippen molar-refractivity contribution in [3.63, 3.8) is 0 Å². The first kappa shape index (κ1) is 23.1. The van der Waals surface area contributed by atoms with Crippen LogP contribution in [0.1, 0.15) is 98.6 Å². The molecule has 0 aromatic heterocycles. The molecule has 0 aliphatic rings. The van der Waals surface area contributed by atoms with Gasteiger partial charge >= 0.3 is 0 Å². The summed E-state index contributed by atoms with van der Waals surface area (Å²) in [7, 11) is 0. The van der Waals surface area contributed by atoms with Crippen molar-refractivity contribution in [2.24, 2.45) is 0 Å². The Morgan fingerprint density at radius 1 is 0.548 bits per heavy atom. The van der Waals surface area contributed by atoms with Crippen molar-refractivity contribution in [3.05, 3.63) is 100 Å². The van der Waals surface area contributed by atoms with Crippen molar-refractivity contribution in [2.75, 3.05) is 0 Å². The Morgan fingerprint density at radius 3 is 1.48 bits per heavy atom. The molecule has 3 rings (SSSR count). The molecule has 0 saturated heterocycles. The molecule has 0 bridgehead atoms. The highest BCUT2D eigenvalue weighted by Crippen LogP contribution is 2.44. The number of benzene rings is 3. The second-order valence-electron chi connectivity index (χ2n) is 9.04. The molecule has 164 valence electrons. The lowest BCUT2D eigenvalue weighted by Crippen LogP contribution is -2.14. The van der Waals surface area contributed by atoms with Crippen LogP contribution in [0.3, 0.4) is 0 Å². The predicted molar refractivity (Wildman–Crippen MR) is 133 cm³/mol. The third kappa shape index (κ3) is 4.71. The van der Waals surface area contributed by atoms with E-state index >= 15 is 0 Å². The van der Waals surface area contributed by atoms with Gasteiger partial charge in [-0.1, -0.05) is 102 Å². The molecule has 0 saturated carbocycles. The first-order valence-electron chi connectivity index (χ1n) is 11.9. The first-order valence-corrected chi connectivity index (χ1v) is 11.9. The fourth-order valence-corrected chi connectivity index (χ4v) is 5.12. The molecule has 0 aliphatic heterocycles. The molecule has 0 fully saturated rings. The minimum atomic E-state index is 0.222. The molecule has 31 heavy (non-hydrogen) atoms. The molecule has 3 aromatic carbocycles. The highest BCUT2D eigenvalue weighted by Gasteiger charge is 2.27. The summed E-state index contributed by atoms with van der Waals surface area (Å²) in [6.45, 7) is 13.7. The normalized spacial score (nSPS) is 15.3. The SMILES string of the molecule is CCc1ccccc1C(C)C(C)c1cccc(O)c1C(C)C(C)c1ccccc1CC. The van der Waals surface area contributed by atoms with Gasteiger partial charge in [0.25, 0.3) is 0 Å². The zero-order valence-electron chi connectivity index (χ0n) is 20.0. The van der Waals surface area contributed by atoms with Crippen LogP contribution in [0.5, 0.6) is 5.75 Å². The molecule has 0 amide bonds. The Bertz CT molecular complexity index is 1000. The summed E-state index contributed by atoms with van der Waals surface area (Å²) < 4.78 is 0. The van der Waals surface area contributed by atoms with E-state index < -0.39 is 0 Å². The lowest BCUT2D eigenvalue weighted by atomic mass is 9.74. The fourth-order valence-electron chi connectivity index (χ4n) is 5.12. The van der Waals surface area contributed by atoms with Crippen molar-refractivity contribution in [1.29, 1.82) is 0 Å². The number of phenolic OH excluding ortho intramolecular Hbond substituents is 1. The minimum absolute atomic E-state index is 0.222. The van der Waals surface area contributed by atoms with E-state index in [0.29, 0.717) is 23.5 Å². The Labute approximate surface area is 189 Å². The summed E-state index contributed by atoms with van der Waals surface area (Å²) in [4.78, 5) is 0. The molecule has 4 unspecified atom stereocenters. The van der Waals surface area contributed by atoms with Gasteiger partial charge in [0, 0.05) is 5.56 Å². The van der Waals surface area contributed by atoms with Crippen LogP contribution in [-0.2, 0) is 12.8 Å². The van der Waals surface area contributed by atoms with Crippen molar-refractivity contribution < 1.29 is 5.11 Å². The van der Waals surface area contributed by atoms with Crippen molar-refractivity contribution in [3.8, 4) is 5.75 Å². The Balaban J connectivity index is 2.01. The maximum Gasteiger partial charge on any atom is 0.119 e. The number of aromatic hydroxyl groups is 1. The van der Waals surface area contributed by atoms with Gasteiger partial charge in [0.2, 0.25) is 0 Å². The lowest BCUT2D eigenvalue weighted by molar-refractivity contribution is 0.451. The average Bonchev–Trinajstić information content (AvgIpc) is 2.81. The number of hydrogen-bond acceptors (Lipinski definition) is 1. The van der Waals surface area contributed by atoms with Gasteiger partial charge in [0.15, 0.2) is 0 Å². The summed E-state index contributed by atoms with van der Waals surface area (Å²) in [6, 6.07) is 23.6. The number of phenols is 1. The molecule has 0 aliphatic carbocycles. The first-order chi connectivity index (χ1) is 14.9. The lowest BCUT2D eigenvalue weighted by Gasteiger charge is -2.30. The van der Waals surface area contributed by atoms with Crippen LogP contribution < -0.4 is 0 Å². The van der Waals surface area contributed by atoms with Crippen LogP contribution in [0.2, 0.25) is 0 Å². The molecule has 0 heterocycles. The van der Waals surface area contributed by atoms with Gasteiger partial charge in [-0.3, -0.25) is 0 Å². The summed E-state index contributed by atoms with van der Waals surface area (Å²) in [5, 5.41) is 11.0. The Kier molecular flexibility index (Phi) is 7.59. The largest absolute Gasteiger partial charge is 0.508 e. The van der Waals surface area contributed by atoms with E-state index in [1.807, 2.05) is 12.1 Å². The molecule has 1 heteroatoms. The molecular formula is C30H38O. The number of rotatable bonds is 8. The molecule has 0 spiro atoms. The van der Waals surface area contributed by atoms with Gasteiger partial charge < -0.3 is 5.11 Å². The van der Waals surface area contributed by atoms with Gasteiger partial charge in [-0.2, -0.15) is 0 Å². The second-order valence-corrected chi connectivity index (χ2v) is 9.04. The quantitative estimate of drug-likeness (QED) is 0.393. The van der Waals surface area contributed by atoms with E-state index in [-0.39, 0.29) is 5.92 Å². The average molecular weight is 415 g/mol. The van der Waals surface area contributed by atoms with Gasteiger partial charge in [-0.05, 0) is 70.4 Å². The molecule has 4 atom stereocenters. The monoisotopic (exact) mass is 414 g/mol. The Morgan fingerprint density at radius 2 is 0.968 bits per heavy atom. The third-order valence-electron chi connectivity index (χ3n) is 7.42. The summed E-state index contributed by atoms with van der Waals surface area (Å²) in [6.07, 6.45) is 2.07. The molecule has 3 aromatic rings. The topological polar surface area (TPSA) is 20.2 Å². The smallest absolute Gasteiger partial charge is 0.119 e. The fraction of sp³-hybridized carbons (Fsp3) is 0.400. The van der Waals surface area contributed by atoms with E-state index in [0.717, 1.165) is 18.4 Å². The van der Waals surface area contributed by atoms with Crippen molar-refractivity contribution >= 4 is 0 Å². The third-order valence-corrected chi connectivity index (χ3v) is 7.42. The van der Waals surface area contributed by atoms with E-state index in [9.17, 15) is 5.11 Å². The van der Waals surface area contributed by atoms with E-state index in [2.05, 4.69) is 96.1 Å². The summed E-state index contributed by atoms with van der Waals surface area (Å²) in [5.41, 5.74) is 8.01. The van der Waals surface area contributed by atoms with Crippen LogP contribution in [-0.4, -0.2) is 5.11 Å². The standard InChI is InChI=1S/C30H38O/c1-7-24-14-9-11-16-26(24)20(3)21(4)28-18-13-19-29(31)30(28)23(6)22(5)27-17-12-10-15-25(27)8-2/h9-23,31H,7-8H2,1-6H3. The van der Waals surface area contributed by atoms with Gasteiger partial charge in [0.05, 0.1) is 0 Å². The number of aryl methyl sites for hydroxylation is 2. The highest BCUT2D eigenvalue weighted by molar-refractivity contribution is 5.47. The van der Waals surface area contributed by atoms with Crippen LogP contribution >= 0.6 is 0 Å². The van der Waals surface area contributed by atoms with Gasteiger partial charge in [-0.15, -0.1) is 0 Å². The highest BCUT2D eigenvalue weighted by atomic mass is 16.3. The van der Waals surface area contributed by atoms with Crippen molar-refractivity contribution in [2.45, 2.75) is 78.1 Å². The molecule has 1 N–H and O–H groups in total. The molecule has 1 nitrogen and oxygen atoms in total. The van der Waals surface area contributed by atoms with Crippen LogP contribution in [0.15, 0.2) is 66.7 Å². The van der Waals surface area contributed by atoms with Gasteiger partial charge in [0.1, 0.15) is 5.75 Å². The molecular weight excluding hydrogens is 376 g/mol. The van der Waals surface area contributed by atoms with Crippen molar-refractivity contribution in [1.82, 2.24) is 0 Å². The second kappa shape index (κ2) is 10.2. The zero-order chi connectivity index (χ0) is 22.5. The summed E-state index contributed by atoms with van der Waals surface area (Å²) in [5.74, 6) is 1.66. The minimum Gasteiger partial charge on any atom is -0.508 e. The van der Waals surface area contributed by atoms with E-state index in [4.69, 9.17) is 0 Å². The van der Waals surface area contributed by atoms with Gasteiger partial charge in [-0.25, -0.2) is 0 Å². The van der Waals surface area contributed by atoms with Crippen LogP contribution in [0.25, 0.3) is 0 Å². The Hall–Kier alpha value is -2.54. The van der Waals surface area contributed by atoms with Crippen LogP contribution in [0.4, 0.5) is 0 Å². The van der Waals surface area contributed by atoms with Crippen LogP contribution in [0, 0.1) is 0 Å². The summed E-state index contributed by atoms with van der Waals surface area (Å²) >= 11 is 0. The predicted octanol–water partition coefficient (Wildman–Crippen LogP) is 8.33.